The van der Waals surface area contributed by atoms with E-state index in [1.54, 1.807) is 0 Å². The lowest BCUT2D eigenvalue weighted by Gasteiger charge is -2.28. The zero-order chi connectivity index (χ0) is 16.4. The van der Waals surface area contributed by atoms with Crippen molar-refractivity contribution >= 4 is 5.91 Å². The number of nitrogens with one attached hydrogen (secondary N) is 1. The van der Waals surface area contributed by atoms with Gasteiger partial charge in [-0.25, -0.2) is 0 Å². The van der Waals surface area contributed by atoms with Gasteiger partial charge < -0.3 is 10.4 Å². The normalized spacial score (nSPS) is 17.9. The Morgan fingerprint density at radius 1 is 1.27 bits per heavy atom. The summed E-state index contributed by atoms with van der Waals surface area (Å²) >= 11 is 0. The molecule has 1 aliphatic carbocycles. The summed E-state index contributed by atoms with van der Waals surface area (Å²) in [5.41, 5.74) is -0.598. The molecule has 0 aliphatic heterocycles. The van der Waals surface area contributed by atoms with Crippen molar-refractivity contribution in [1.29, 1.82) is 0 Å². The Kier molecular flexibility index (Phi) is 4.80. The van der Waals surface area contributed by atoms with Crippen LogP contribution in [-0.2, 0) is 17.4 Å². The van der Waals surface area contributed by atoms with E-state index in [2.05, 4.69) is 5.32 Å². The Labute approximate surface area is 127 Å². The molecular weight excluding hydrogens is 295 g/mol. The second kappa shape index (κ2) is 6.28. The highest BCUT2D eigenvalue weighted by Gasteiger charge is 2.41. The maximum atomic E-state index is 12.5. The SMILES string of the molecule is CC(CO)(NC(=O)CCc1ccc(C(F)(F)F)cc1)C1CC1. The van der Waals surface area contributed by atoms with Gasteiger partial charge in [0, 0.05) is 6.42 Å². The number of carbonyl (C=O) groups is 1. The average molecular weight is 315 g/mol. The number of halogens is 3. The van der Waals surface area contributed by atoms with Gasteiger partial charge in [0.25, 0.3) is 0 Å². The molecule has 6 heteroatoms. The van der Waals surface area contributed by atoms with Crippen LogP contribution in [0.2, 0.25) is 0 Å². The molecule has 1 saturated carbocycles. The molecule has 2 N–H and O–H groups in total. The van der Waals surface area contributed by atoms with E-state index < -0.39 is 17.3 Å². The second-order valence-corrected chi connectivity index (χ2v) is 6.09. The highest BCUT2D eigenvalue weighted by atomic mass is 19.4. The van der Waals surface area contributed by atoms with Crippen LogP contribution in [0.5, 0.6) is 0 Å². The van der Waals surface area contributed by atoms with Crippen molar-refractivity contribution in [2.75, 3.05) is 6.61 Å². The van der Waals surface area contributed by atoms with Crippen LogP contribution in [0.15, 0.2) is 24.3 Å². The fourth-order valence-corrected chi connectivity index (χ4v) is 2.49. The first-order valence-electron chi connectivity index (χ1n) is 7.32. The van der Waals surface area contributed by atoms with Gasteiger partial charge in [-0.3, -0.25) is 4.79 Å². The van der Waals surface area contributed by atoms with Crippen molar-refractivity contribution in [2.45, 2.75) is 44.3 Å². The maximum Gasteiger partial charge on any atom is 0.416 e. The molecule has 0 spiro atoms. The standard InChI is InChI=1S/C16H20F3NO2/c1-15(10-21,12-7-8-12)20-14(22)9-4-11-2-5-13(6-3-11)16(17,18)19/h2-3,5-6,12,21H,4,7-10H2,1H3,(H,20,22). The molecule has 0 heterocycles. The van der Waals surface area contributed by atoms with Crippen LogP contribution < -0.4 is 5.32 Å². The molecule has 1 aromatic rings. The van der Waals surface area contributed by atoms with E-state index in [-0.39, 0.29) is 18.9 Å². The molecule has 1 aliphatic rings. The number of carbonyl (C=O) groups excluding carboxylic acids is 1. The Balaban J connectivity index is 1.86. The average Bonchev–Trinajstić information content (AvgIpc) is 3.29. The van der Waals surface area contributed by atoms with Crippen LogP contribution in [-0.4, -0.2) is 23.2 Å². The number of rotatable bonds is 6. The van der Waals surface area contributed by atoms with Crippen molar-refractivity contribution in [3.63, 3.8) is 0 Å². The van der Waals surface area contributed by atoms with Gasteiger partial charge in [-0.15, -0.1) is 0 Å². The molecule has 1 amide bonds. The first-order valence-corrected chi connectivity index (χ1v) is 7.32. The molecule has 1 aromatic carbocycles. The number of aryl methyl sites for hydroxylation is 1. The molecule has 0 aromatic heterocycles. The molecule has 122 valence electrons. The summed E-state index contributed by atoms with van der Waals surface area (Å²) in [5, 5.41) is 12.3. The van der Waals surface area contributed by atoms with E-state index in [1.165, 1.54) is 12.1 Å². The first kappa shape index (κ1) is 16.8. The summed E-state index contributed by atoms with van der Waals surface area (Å²) in [6.45, 7) is 1.71. The number of hydrogen-bond donors (Lipinski definition) is 2. The molecule has 1 fully saturated rings. The van der Waals surface area contributed by atoms with Crippen molar-refractivity contribution < 1.29 is 23.1 Å². The Morgan fingerprint density at radius 2 is 1.86 bits per heavy atom. The topological polar surface area (TPSA) is 49.3 Å². The quantitative estimate of drug-likeness (QED) is 0.848. The number of aliphatic hydroxyl groups is 1. The van der Waals surface area contributed by atoms with E-state index >= 15 is 0 Å². The van der Waals surface area contributed by atoms with Crippen LogP contribution in [0.4, 0.5) is 13.2 Å². The van der Waals surface area contributed by atoms with Gasteiger partial charge in [0.15, 0.2) is 0 Å². The molecular formula is C16H20F3NO2. The molecule has 1 unspecified atom stereocenters. The van der Waals surface area contributed by atoms with E-state index in [0.29, 0.717) is 17.9 Å². The van der Waals surface area contributed by atoms with Gasteiger partial charge in [0.05, 0.1) is 17.7 Å². The van der Waals surface area contributed by atoms with E-state index in [0.717, 1.165) is 25.0 Å². The predicted molar refractivity (Wildman–Crippen MR) is 76.1 cm³/mol. The Hall–Kier alpha value is -1.56. The molecule has 0 saturated heterocycles. The highest BCUT2D eigenvalue weighted by Crippen LogP contribution is 2.39. The largest absolute Gasteiger partial charge is 0.416 e. The molecule has 0 bridgehead atoms. The van der Waals surface area contributed by atoms with E-state index in [1.807, 2.05) is 6.92 Å². The van der Waals surface area contributed by atoms with Gasteiger partial charge >= 0.3 is 6.18 Å². The Bertz CT molecular complexity index is 523. The van der Waals surface area contributed by atoms with Crippen molar-refractivity contribution in [3.05, 3.63) is 35.4 Å². The summed E-state index contributed by atoms with van der Waals surface area (Å²) in [5.74, 6) is 0.121. The molecule has 1 atom stereocenters. The maximum absolute atomic E-state index is 12.5. The smallest absolute Gasteiger partial charge is 0.394 e. The van der Waals surface area contributed by atoms with Crippen molar-refractivity contribution in [3.8, 4) is 0 Å². The molecule has 0 radical (unpaired) electrons. The van der Waals surface area contributed by atoms with Gasteiger partial charge in [-0.05, 0) is 49.8 Å². The summed E-state index contributed by atoms with van der Waals surface area (Å²) in [6, 6.07) is 4.83. The van der Waals surface area contributed by atoms with Gasteiger partial charge in [0.2, 0.25) is 5.91 Å². The zero-order valence-electron chi connectivity index (χ0n) is 12.4. The van der Waals surface area contributed by atoms with E-state index in [9.17, 15) is 23.1 Å². The zero-order valence-corrected chi connectivity index (χ0v) is 12.4. The lowest BCUT2D eigenvalue weighted by Crippen LogP contribution is -2.50. The third-order valence-corrected chi connectivity index (χ3v) is 4.15. The lowest BCUT2D eigenvalue weighted by molar-refractivity contribution is -0.137. The third-order valence-electron chi connectivity index (χ3n) is 4.15. The minimum Gasteiger partial charge on any atom is -0.394 e. The summed E-state index contributed by atoms with van der Waals surface area (Å²) in [6.07, 6.45) is -1.79. The summed E-state index contributed by atoms with van der Waals surface area (Å²) < 4.78 is 37.4. The van der Waals surface area contributed by atoms with Crippen LogP contribution in [0, 0.1) is 5.92 Å². The van der Waals surface area contributed by atoms with E-state index in [4.69, 9.17) is 0 Å². The van der Waals surface area contributed by atoms with Crippen molar-refractivity contribution in [2.24, 2.45) is 5.92 Å². The van der Waals surface area contributed by atoms with Crippen LogP contribution >= 0.6 is 0 Å². The van der Waals surface area contributed by atoms with Crippen LogP contribution in [0.25, 0.3) is 0 Å². The highest BCUT2D eigenvalue weighted by molar-refractivity contribution is 5.77. The van der Waals surface area contributed by atoms with Crippen LogP contribution in [0.3, 0.4) is 0 Å². The summed E-state index contributed by atoms with van der Waals surface area (Å²) in [7, 11) is 0. The fraction of sp³-hybridized carbons (Fsp3) is 0.562. The van der Waals surface area contributed by atoms with Crippen molar-refractivity contribution in [1.82, 2.24) is 5.32 Å². The minimum atomic E-state index is -4.34. The van der Waals surface area contributed by atoms with Gasteiger partial charge in [-0.2, -0.15) is 13.2 Å². The molecule has 3 nitrogen and oxygen atoms in total. The predicted octanol–water partition coefficient (Wildman–Crippen LogP) is 2.92. The van der Waals surface area contributed by atoms with Gasteiger partial charge in [-0.1, -0.05) is 12.1 Å². The monoisotopic (exact) mass is 315 g/mol. The first-order chi connectivity index (χ1) is 10.2. The third kappa shape index (κ3) is 4.22. The van der Waals surface area contributed by atoms with Crippen LogP contribution in [0.1, 0.15) is 37.3 Å². The number of alkyl halides is 3. The number of hydrogen-bond acceptors (Lipinski definition) is 2. The molecule has 2 rings (SSSR count). The fourth-order valence-electron chi connectivity index (χ4n) is 2.49. The number of benzene rings is 1. The summed E-state index contributed by atoms with van der Waals surface area (Å²) in [4.78, 5) is 11.9. The Morgan fingerprint density at radius 3 is 2.32 bits per heavy atom. The number of amides is 1. The van der Waals surface area contributed by atoms with Gasteiger partial charge in [0.1, 0.15) is 0 Å². The lowest BCUT2D eigenvalue weighted by atomic mass is 9.96. The second-order valence-electron chi connectivity index (χ2n) is 6.09. The minimum absolute atomic E-state index is 0.107. The molecule has 22 heavy (non-hydrogen) atoms. The number of aliphatic hydroxyl groups excluding tert-OH is 1.